The van der Waals surface area contributed by atoms with Gasteiger partial charge < -0.3 is 19.7 Å². The van der Waals surface area contributed by atoms with Crippen LogP contribution in [0.2, 0.25) is 10.0 Å². The summed E-state index contributed by atoms with van der Waals surface area (Å²) < 4.78 is 40.1. The maximum atomic E-state index is 14.3. The first kappa shape index (κ1) is 34.0. The van der Waals surface area contributed by atoms with Gasteiger partial charge in [0, 0.05) is 34.3 Å². The Bertz CT molecular complexity index is 1500. The van der Waals surface area contributed by atoms with E-state index in [1.165, 1.54) is 37.3 Å². The van der Waals surface area contributed by atoms with Crippen molar-refractivity contribution >= 4 is 50.7 Å². The molecule has 3 rings (SSSR count). The van der Waals surface area contributed by atoms with Gasteiger partial charge in [-0.3, -0.25) is 13.9 Å². The van der Waals surface area contributed by atoms with Crippen molar-refractivity contribution in [1.82, 2.24) is 10.2 Å². The maximum Gasteiger partial charge on any atom is 0.264 e. The van der Waals surface area contributed by atoms with E-state index in [2.05, 4.69) is 5.32 Å². The zero-order valence-corrected chi connectivity index (χ0v) is 27.2. The minimum atomic E-state index is -4.31. The fourth-order valence-electron chi connectivity index (χ4n) is 4.44. The number of halogens is 2. The summed E-state index contributed by atoms with van der Waals surface area (Å²) in [6, 6.07) is 16.3. The van der Waals surface area contributed by atoms with Gasteiger partial charge in [0.25, 0.3) is 10.0 Å². The summed E-state index contributed by atoms with van der Waals surface area (Å²) in [6.07, 6.45) is 0.940. The first-order valence-corrected chi connectivity index (χ1v) is 16.0. The number of amides is 2. The molecule has 0 aliphatic carbocycles. The lowest BCUT2D eigenvalue weighted by atomic mass is 10.1. The number of hydrogen-bond acceptors (Lipinski definition) is 6. The van der Waals surface area contributed by atoms with Crippen LogP contribution >= 0.6 is 23.2 Å². The van der Waals surface area contributed by atoms with Crippen LogP contribution in [0.3, 0.4) is 0 Å². The number of nitrogens with one attached hydrogen (secondary N) is 1. The van der Waals surface area contributed by atoms with Crippen LogP contribution in [0.5, 0.6) is 11.5 Å². The lowest BCUT2D eigenvalue weighted by molar-refractivity contribution is -0.140. The normalized spacial score (nSPS) is 12.6. The van der Waals surface area contributed by atoms with Gasteiger partial charge in [-0.15, -0.1) is 0 Å². The molecule has 0 radical (unpaired) electrons. The predicted molar refractivity (Wildman–Crippen MR) is 170 cm³/mol. The standard InChI is InChI=1S/C31H37Cl2N3O6S/c1-6-21(3)34-31(38)27(7-2)35(19-24-25(32)14-11-15-26(24)33)30(37)20-36(43(39,40)23-12-9-8-10-13-23)28-18-22(41-4)16-17-29(28)42-5/h8-18,21,27H,6-7,19-20H2,1-5H3,(H,34,38)/t21-,27+/m1/s1. The Hall–Kier alpha value is -3.47. The Morgan fingerprint density at radius 3 is 2.12 bits per heavy atom. The van der Waals surface area contributed by atoms with Crippen LogP contribution in [-0.4, -0.2) is 58.0 Å². The Balaban J connectivity index is 2.18. The highest BCUT2D eigenvalue weighted by Crippen LogP contribution is 2.36. The number of carbonyl (C=O) groups excluding carboxylic acids is 2. The summed E-state index contributed by atoms with van der Waals surface area (Å²) in [6.45, 7) is 4.80. The van der Waals surface area contributed by atoms with Crippen molar-refractivity contribution in [3.8, 4) is 11.5 Å². The van der Waals surface area contributed by atoms with Gasteiger partial charge in [-0.25, -0.2) is 8.42 Å². The number of carbonyl (C=O) groups is 2. The molecule has 0 fully saturated rings. The SMILES string of the molecule is CC[C@@H](C)NC(=O)[C@H](CC)N(Cc1c(Cl)cccc1Cl)C(=O)CN(c1cc(OC)ccc1OC)S(=O)(=O)c1ccccc1. The number of nitrogens with zero attached hydrogens (tertiary/aromatic N) is 2. The van der Waals surface area contributed by atoms with E-state index in [0.717, 1.165) is 4.31 Å². The number of rotatable bonds is 14. The number of sulfonamides is 1. The summed E-state index contributed by atoms with van der Waals surface area (Å²) in [5.41, 5.74) is 0.525. The van der Waals surface area contributed by atoms with Crippen LogP contribution in [0.4, 0.5) is 5.69 Å². The predicted octanol–water partition coefficient (Wildman–Crippen LogP) is 5.93. The molecule has 0 aliphatic rings. The van der Waals surface area contributed by atoms with Crippen LogP contribution in [0.15, 0.2) is 71.6 Å². The Morgan fingerprint density at radius 2 is 1.56 bits per heavy atom. The Labute approximate surface area is 263 Å². The number of benzene rings is 3. The fourth-order valence-corrected chi connectivity index (χ4v) is 6.39. The molecule has 0 unspecified atom stereocenters. The van der Waals surface area contributed by atoms with E-state index in [4.69, 9.17) is 32.7 Å². The van der Waals surface area contributed by atoms with Crippen LogP contribution in [0.1, 0.15) is 39.2 Å². The van der Waals surface area contributed by atoms with Gasteiger partial charge in [-0.1, -0.05) is 61.3 Å². The number of hydrogen-bond donors (Lipinski definition) is 1. The second kappa shape index (κ2) is 15.3. The molecule has 232 valence electrons. The van der Waals surface area contributed by atoms with Crippen molar-refractivity contribution in [3.05, 3.63) is 82.3 Å². The number of ether oxygens (including phenoxy) is 2. The molecular weight excluding hydrogens is 613 g/mol. The molecule has 12 heteroatoms. The lowest BCUT2D eigenvalue weighted by Crippen LogP contribution is -2.53. The summed E-state index contributed by atoms with van der Waals surface area (Å²) in [7, 11) is -1.46. The number of methoxy groups -OCH3 is 2. The molecule has 3 aromatic carbocycles. The maximum absolute atomic E-state index is 14.3. The second-order valence-corrected chi connectivity index (χ2v) is 12.5. The van der Waals surface area contributed by atoms with Crippen LogP contribution < -0.4 is 19.1 Å². The van der Waals surface area contributed by atoms with E-state index in [9.17, 15) is 18.0 Å². The Morgan fingerprint density at radius 1 is 0.907 bits per heavy atom. The van der Waals surface area contributed by atoms with Gasteiger partial charge in [-0.05, 0) is 56.2 Å². The monoisotopic (exact) mass is 649 g/mol. The minimum absolute atomic E-state index is 0.0325. The molecule has 1 N–H and O–H groups in total. The summed E-state index contributed by atoms with van der Waals surface area (Å²) in [5, 5.41) is 3.56. The summed E-state index contributed by atoms with van der Waals surface area (Å²) in [4.78, 5) is 29.1. The highest BCUT2D eigenvalue weighted by Gasteiger charge is 2.35. The van der Waals surface area contributed by atoms with Gasteiger partial charge >= 0.3 is 0 Å². The van der Waals surface area contributed by atoms with Gasteiger partial charge in [-0.2, -0.15) is 0 Å². The van der Waals surface area contributed by atoms with Crippen molar-refractivity contribution < 1.29 is 27.5 Å². The van der Waals surface area contributed by atoms with Gasteiger partial charge in [0.05, 0.1) is 24.8 Å². The van der Waals surface area contributed by atoms with Crippen molar-refractivity contribution in [2.24, 2.45) is 0 Å². The molecule has 0 aromatic heterocycles. The van der Waals surface area contributed by atoms with E-state index in [0.29, 0.717) is 27.8 Å². The van der Waals surface area contributed by atoms with Crippen molar-refractivity contribution in [1.29, 1.82) is 0 Å². The van der Waals surface area contributed by atoms with Gasteiger partial charge in [0.2, 0.25) is 11.8 Å². The third-order valence-electron chi connectivity index (χ3n) is 7.04. The highest BCUT2D eigenvalue weighted by atomic mass is 35.5. The number of anilines is 1. The van der Waals surface area contributed by atoms with Crippen molar-refractivity contribution in [2.75, 3.05) is 25.1 Å². The quantitative estimate of drug-likeness (QED) is 0.232. The van der Waals surface area contributed by atoms with E-state index >= 15 is 0 Å². The zero-order valence-electron chi connectivity index (χ0n) is 24.8. The van der Waals surface area contributed by atoms with Crippen LogP contribution in [-0.2, 0) is 26.2 Å². The third kappa shape index (κ3) is 8.13. The molecule has 0 saturated heterocycles. The zero-order chi connectivity index (χ0) is 31.7. The van der Waals surface area contributed by atoms with E-state index < -0.39 is 28.5 Å². The van der Waals surface area contributed by atoms with Gasteiger partial charge in [0.15, 0.2) is 0 Å². The van der Waals surface area contributed by atoms with Crippen LogP contribution in [0.25, 0.3) is 0 Å². The molecule has 2 amide bonds. The first-order chi connectivity index (χ1) is 20.5. The molecule has 2 atom stereocenters. The largest absolute Gasteiger partial charge is 0.497 e. The van der Waals surface area contributed by atoms with E-state index in [-0.39, 0.29) is 41.2 Å². The molecule has 3 aromatic rings. The van der Waals surface area contributed by atoms with Crippen LogP contribution in [0, 0.1) is 0 Å². The lowest BCUT2D eigenvalue weighted by Gasteiger charge is -2.34. The second-order valence-electron chi connectivity index (χ2n) is 9.83. The fraction of sp³-hybridized carbons (Fsp3) is 0.355. The molecule has 0 heterocycles. The summed E-state index contributed by atoms with van der Waals surface area (Å²) >= 11 is 13.0. The molecule has 0 spiro atoms. The average molecular weight is 651 g/mol. The molecular formula is C31H37Cl2N3O6S. The van der Waals surface area contributed by atoms with Crippen molar-refractivity contribution in [3.63, 3.8) is 0 Å². The van der Waals surface area contributed by atoms with E-state index in [1.807, 2.05) is 13.8 Å². The molecule has 0 bridgehead atoms. The minimum Gasteiger partial charge on any atom is -0.497 e. The molecule has 9 nitrogen and oxygen atoms in total. The smallest absolute Gasteiger partial charge is 0.264 e. The topological polar surface area (TPSA) is 105 Å². The Kier molecular flexibility index (Phi) is 12.1. The molecule has 43 heavy (non-hydrogen) atoms. The van der Waals surface area contributed by atoms with E-state index in [1.54, 1.807) is 55.5 Å². The first-order valence-electron chi connectivity index (χ1n) is 13.8. The third-order valence-corrected chi connectivity index (χ3v) is 9.52. The van der Waals surface area contributed by atoms with Gasteiger partial charge in [0.1, 0.15) is 24.1 Å². The summed E-state index contributed by atoms with van der Waals surface area (Å²) in [5.74, 6) is -0.456. The molecule has 0 saturated carbocycles. The average Bonchev–Trinajstić information content (AvgIpc) is 3.00. The molecule has 0 aliphatic heterocycles. The highest BCUT2D eigenvalue weighted by molar-refractivity contribution is 7.92. The van der Waals surface area contributed by atoms with Crippen molar-refractivity contribution in [2.45, 2.75) is 57.1 Å².